The first-order valence-electron chi connectivity index (χ1n) is 21.7. The number of amides is 3. The lowest BCUT2D eigenvalue weighted by Crippen LogP contribution is -2.48. The van der Waals surface area contributed by atoms with E-state index in [0.29, 0.717) is 62.7 Å². The predicted molar refractivity (Wildman–Crippen MR) is 243 cm³/mol. The fourth-order valence-electron chi connectivity index (χ4n) is 8.11. The number of fused-ring (bicyclic) bond motifs is 2. The summed E-state index contributed by atoms with van der Waals surface area (Å²) < 4.78 is 43.1. The van der Waals surface area contributed by atoms with E-state index in [0.717, 1.165) is 55.3 Å². The minimum absolute atomic E-state index is 0.0533. The monoisotopic (exact) mass is 897 g/mol. The average molecular weight is 899 g/mol. The third-order valence-electron chi connectivity index (χ3n) is 11.8. The van der Waals surface area contributed by atoms with Crippen molar-refractivity contribution in [1.29, 1.82) is 0 Å². The number of benzene rings is 4. The van der Waals surface area contributed by atoms with Gasteiger partial charge in [-0.05, 0) is 79.1 Å². The summed E-state index contributed by atoms with van der Waals surface area (Å²) >= 11 is 6.88. The third-order valence-corrected chi connectivity index (χ3v) is 13.6. The molecule has 5 aromatic rings. The first-order valence-corrected chi connectivity index (χ1v) is 23.6. The normalized spacial score (nSPS) is 15.6. The van der Waals surface area contributed by atoms with Crippen molar-refractivity contribution in [3.63, 3.8) is 0 Å². The molecule has 0 spiro atoms. The first-order chi connectivity index (χ1) is 30.4. The molecule has 334 valence electrons. The largest absolute Gasteiger partial charge is 0.492 e. The lowest BCUT2D eigenvalue weighted by atomic mass is 9.93. The molecule has 63 heavy (non-hydrogen) atoms. The van der Waals surface area contributed by atoms with Gasteiger partial charge in [0, 0.05) is 62.8 Å². The molecule has 7 rings (SSSR count). The van der Waals surface area contributed by atoms with Crippen LogP contribution in [0.15, 0.2) is 83.8 Å². The number of morpholine rings is 1. The van der Waals surface area contributed by atoms with Gasteiger partial charge in [0.15, 0.2) is 5.69 Å². The van der Waals surface area contributed by atoms with Crippen LogP contribution in [0.1, 0.15) is 87.6 Å². The number of hydrogen-bond acceptors (Lipinski definition) is 10. The number of unbranched alkanes of at least 4 members (excludes halogenated alkanes) is 2. The van der Waals surface area contributed by atoms with Gasteiger partial charge < -0.3 is 25.0 Å². The molecular formula is C47H56ClN7O7S. The van der Waals surface area contributed by atoms with Gasteiger partial charge in [-0.1, -0.05) is 80.8 Å². The van der Waals surface area contributed by atoms with Gasteiger partial charge in [0.2, 0.25) is 0 Å². The smallest absolute Gasteiger partial charge is 0.275 e. The van der Waals surface area contributed by atoms with Crippen LogP contribution in [0, 0.1) is 6.92 Å². The fraction of sp³-hybridized carbons (Fsp3) is 0.404. The summed E-state index contributed by atoms with van der Waals surface area (Å²) in [7, 11) is -4.42. The van der Waals surface area contributed by atoms with E-state index >= 15 is 0 Å². The summed E-state index contributed by atoms with van der Waals surface area (Å²) in [5.74, 6) is -1.19. The Hall–Kier alpha value is -5.32. The van der Waals surface area contributed by atoms with Gasteiger partial charge in [-0.3, -0.25) is 19.3 Å². The molecule has 1 unspecified atom stereocenters. The van der Waals surface area contributed by atoms with Crippen molar-refractivity contribution in [2.24, 2.45) is 5.73 Å². The van der Waals surface area contributed by atoms with Crippen molar-refractivity contribution in [2.75, 3.05) is 59.1 Å². The Kier molecular flexibility index (Phi) is 14.8. The van der Waals surface area contributed by atoms with E-state index in [2.05, 4.69) is 23.5 Å². The van der Waals surface area contributed by atoms with Crippen LogP contribution in [0.4, 0.5) is 0 Å². The van der Waals surface area contributed by atoms with E-state index in [9.17, 15) is 22.8 Å². The van der Waals surface area contributed by atoms with Crippen LogP contribution in [0.25, 0.3) is 16.5 Å². The van der Waals surface area contributed by atoms with E-state index in [1.165, 1.54) is 35.0 Å². The van der Waals surface area contributed by atoms with Crippen LogP contribution in [0.5, 0.6) is 5.75 Å². The van der Waals surface area contributed by atoms with Crippen LogP contribution < -0.4 is 15.2 Å². The van der Waals surface area contributed by atoms with Crippen molar-refractivity contribution in [3.05, 3.63) is 118 Å². The number of aromatic nitrogens is 2. The summed E-state index contributed by atoms with van der Waals surface area (Å²) in [6.07, 6.45) is 3.97. The van der Waals surface area contributed by atoms with E-state index < -0.39 is 21.8 Å². The highest BCUT2D eigenvalue weighted by molar-refractivity contribution is 7.90. The summed E-state index contributed by atoms with van der Waals surface area (Å²) in [4.78, 5) is 48.5. The molecule has 2 aliphatic rings. The Balaban J connectivity index is 1.22. The molecule has 16 heteroatoms. The van der Waals surface area contributed by atoms with Gasteiger partial charge in [-0.15, -0.1) is 0 Å². The quantitative estimate of drug-likeness (QED) is 0.107. The molecular weight excluding hydrogens is 842 g/mol. The van der Waals surface area contributed by atoms with Crippen LogP contribution in [-0.2, 0) is 27.7 Å². The van der Waals surface area contributed by atoms with Gasteiger partial charge in [0.1, 0.15) is 12.4 Å². The first kappa shape index (κ1) is 45.7. The molecule has 3 amide bonds. The minimum Gasteiger partial charge on any atom is -0.492 e. The van der Waals surface area contributed by atoms with Crippen molar-refractivity contribution >= 4 is 50.1 Å². The van der Waals surface area contributed by atoms with Crippen LogP contribution >= 0.6 is 11.6 Å². The van der Waals surface area contributed by atoms with Crippen molar-refractivity contribution in [2.45, 2.75) is 70.4 Å². The lowest BCUT2D eigenvalue weighted by Gasteiger charge is -2.36. The number of hydrogen-bond donors (Lipinski definition) is 2. The van der Waals surface area contributed by atoms with E-state index in [-0.39, 0.29) is 57.5 Å². The molecule has 3 N–H and O–H groups in total. The number of nitrogens with zero attached hydrogens (tertiary/aromatic N) is 5. The zero-order valence-corrected chi connectivity index (χ0v) is 37.7. The molecule has 0 saturated carbocycles. The number of sulfonamides is 1. The number of nitrogens with one attached hydrogen (secondary N) is 1. The van der Waals surface area contributed by atoms with Gasteiger partial charge in [0.25, 0.3) is 27.7 Å². The molecule has 1 atom stereocenters. The summed E-state index contributed by atoms with van der Waals surface area (Å²) in [6, 6.07) is 21.9. The Morgan fingerprint density at radius 3 is 2.40 bits per heavy atom. The van der Waals surface area contributed by atoms with Crippen molar-refractivity contribution in [3.8, 4) is 11.4 Å². The molecule has 2 aliphatic heterocycles. The van der Waals surface area contributed by atoms with Gasteiger partial charge in [0.05, 0.1) is 40.1 Å². The van der Waals surface area contributed by atoms with Gasteiger partial charge in [-0.2, -0.15) is 5.10 Å². The topological polar surface area (TPSA) is 169 Å². The van der Waals surface area contributed by atoms with Crippen LogP contribution in [0.2, 0.25) is 5.02 Å². The lowest BCUT2D eigenvalue weighted by molar-refractivity contribution is 0.0323. The second kappa shape index (κ2) is 20.5. The molecule has 1 fully saturated rings. The number of halogens is 1. The minimum atomic E-state index is -4.42. The Morgan fingerprint density at radius 1 is 0.952 bits per heavy atom. The molecule has 14 nitrogen and oxygen atoms in total. The van der Waals surface area contributed by atoms with Crippen molar-refractivity contribution in [1.82, 2.24) is 29.2 Å². The molecule has 0 aliphatic carbocycles. The third kappa shape index (κ3) is 10.2. The van der Waals surface area contributed by atoms with Crippen LogP contribution in [0.3, 0.4) is 0 Å². The summed E-state index contributed by atoms with van der Waals surface area (Å²) in [5, 5.41) is 6.21. The summed E-state index contributed by atoms with van der Waals surface area (Å²) in [6.45, 7) is 11.4. The maximum Gasteiger partial charge on any atom is 0.275 e. The number of ether oxygens (including phenoxy) is 2. The van der Waals surface area contributed by atoms with Gasteiger partial charge >= 0.3 is 0 Å². The molecule has 1 aromatic heterocycles. The zero-order chi connectivity index (χ0) is 44.7. The SMILES string of the molecule is CCCCN(CCCC)C(=O)c1nn(-c2ccc(C(=O)NS(=O)(=O)c3ccc4cccc(OCCN5CCOCC5)c4c3)cc2C(=O)N2Cc3ccccc3CC2CN)c(C)c1Cl. The molecule has 0 radical (unpaired) electrons. The second-order valence-electron chi connectivity index (χ2n) is 16.1. The number of carbonyl (C=O) groups excluding carboxylic acids is 3. The molecule has 1 saturated heterocycles. The Bertz CT molecular complexity index is 2570. The van der Waals surface area contributed by atoms with Gasteiger partial charge in [-0.25, -0.2) is 17.8 Å². The standard InChI is InChI=1S/C47H56ClN7O7S/c1-4-6-19-53(20-7-5-2)47(58)44-43(48)32(3)55(50-44)41-18-16-35(28-40(41)46(57)54-31-36-12-9-8-11-34(36)27-37(54)30-49)45(56)51-63(59,60)38-17-15-33-13-10-14-42(39(33)29-38)62-26-23-52-21-24-61-25-22-52/h8-18,28-29,37H,4-7,19-27,30-31,49H2,1-3H3,(H,51,56). The van der Waals surface area contributed by atoms with E-state index in [4.69, 9.17) is 31.9 Å². The molecule has 0 bridgehead atoms. The molecule has 4 aromatic carbocycles. The zero-order valence-electron chi connectivity index (χ0n) is 36.1. The highest BCUT2D eigenvalue weighted by Gasteiger charge is 2.33. The fourth-order valence-corrected chi connectivity index (χ4v) is 9.30. The van der Waals surface area contributed by atoms with Crippen LogP contribution in [-0.4, -0.2) is 116 Å². The Labute approximate surface area is 374 Å². The predicted octanol–water partition coefficient (Wildman–Crippen LogP) is 6.39. The maximum absolute atomic E-state index is 14.9. The maximum atomic E-state index is 14.9. The van der Waals surface area contributed by atoms with E-state index in [1.54, 1.807) is 28.9 Å². The van der Waals surface area contributed by atoms with Crippen molar-refractivity contribution < 1.29 is 32.3 Å². The molecule has 3 heterocycles. The second-order valence-corrected chi connectivity index (χ2v) is 18.1. The van der Waals surface area contributed by atoms with E-state index in [1.807, 2.05) is 36.4 Å². The number of carbonyl (C=O) groups is 3. The summed E-state index contributed by atoms with van der Waals surface area (Å²) in [5.41, 5.74) is 9.03. The number of rotatable bonds is 17. The highest BCUT2D eigenvalue weighted by atomic mass is 35.5. The number of nitrogens with two attached hydrogens (primary N) is 1. The highest BCUT2D eigenvalue weighted by Crippen LogP contribution is 2.32. The Morgan fingerprint density at radius 2 is 1.68 bits per heavy atom. The average Bonchev–Trinajstić information content (AvgIpc) is 3.60.